The highest BCUT2D eigenvalue weighted by Crippen LogP contribution is 2.39. The Hall–Kier alpha value is -2.61. The third-order valence-electron chi connectivity index (χ3n) is 3.21. The highest BCUT2D eigenvalue weighted by molar-refractivity contribution is 5.60. The Labute approximate surface area is 117 Å². The van der Waals surface area contributed by atoms with Gasteiger partial charge in [0.1, 0.15) is 17.7 Å². The summed E-state index contributed by atoms with van der Waals surface area (Å²) < 4.78 is 5.08. The predicted molar refractivity (Wildman–Crippen MR) is 75.0 cm³/mol. The average Bonchev–Trinajstić information content (AvgIpc) is 3.32. The Kier molecular flexibility index (Phi) is 3.21. The van der Waals surface area contributed by atoms with E-state index in [-0.39, 0.29) is 0 Å². The van der Waals surface area contributed by atoms with Crippen LogP contribution >= 0.6 is 0 Å². The molecule has 0 aromatic carbocycles. The molecule has 2 aromatic rings. The molecule has 1 fully saturated rings. The molecule has 2 aromatic heterocycles. The van der Waals surface area contributed by atoms with Gasteiger partial charge in [-0.1, -0.05) is 6.07 Å². The Balaban J connectivity index is 1.91. The van der Waals surface area contributed by atoms with Gasteiger partial charge in [-0.3, -0.25) is 0 Å². The van der Waals surface area contributed by atoms with Gasteiger partial charge in [0.15, 0.2) is 0 Å². The van der Waals surface area contributed by atoms with Crippen molar-refractivity contribution in [3.63, 3.8) is 0 Å². The van der Waals surface area contributed by atoms with Crippen LogP contribution in [0.1, 0.15) is 30.0 Å². The van der Waals surface area contributed by atoms with Crippen LogP contribution in [0.15, 0.2) is 30.3 Å². The number of hydrogen-bond acceptors (Lipinski definition) is 5. The fourth-order valence-corrected chi connectivity index (χ4v) is 1.99. The minimum atomic E-state index is 0.513. The van der Waals surface area contributed by atoms with Crippen molar-refractivity contribution in [1.29, 1.82) is 5.26 Å². The van der Waals surface area contributed by atoms with Crippen molar-refractivity contribution in [3.05, 3.63) is 41.6 Å². The quantitative estimate of drug-likeness (QED) is 0.921. The number of nitrogens with one attached hydrogen (secondary N) is 1. The van der Waals surface area contributed by atoms with Crippen LogP contribution in [0, 0.1) is 11.3 Å². The standard InChI is InChI=1S/C15H14N4O/c1-20-14-4-2-3-13(18-14)19-15-11(9-16)7-8-12(17-15)10-5-6-10/h2-4,7-8,10H,5-6H2,1H3,(H,17,18,19). The van der Waals surface area contributed by atoms with E-state index in [2.05, 4.69) is 21.4 Å². The van der Waals surface area contributed by atoms with Crippen molar-refractivity contribution >= 4 is 11.6 Å². The van der Waals surface area contributed by atoms with Gasteiger partial charge in [0.2, 0.25) is 5.88 Å². The van der Waals surface area contributed by atoms with Crippen LogP contribution in [0.25, 0.3) is 0 Å². The zero-order valence-electron chi connectivity index (χ0n) is 11.1. The van der Waals surface area contributed by atoms with Gasteiger partial charge in [-0.25, -0.2) is 4.98 Å². The Morgan fingerprint density at radius 1 is 1.25 bits per heavy atom. The number of hydrogen-bond donors (Lipinski definition) is 1. The molecule has 1 aliphatic carbocycles. The van der Waals surface area contributed by atoms with Gasteiger partial charge >= 0.3 is 0 Å². The highest BCUT2D eigenvalue weighted by Gasteiger charge is 2.25. The van der Waals surface area contributed by atoms with E-state index < -0.39 is 0 Å². The molecule has 0 saturated heterocycles. The molecule has 20 heavy (non-hydrogen) atoms. The van der Waals surface area contributed by atoms with E-state index in [1.54, 1.807) is 13.2 Å². The maximum absolute atomic E-state index is 9.17. The summed E-state index contributed by atoms with van der Waals surface area (Å²) in [6.45, 7) is 0. The molecule has 1 saturated carbocycles. The predicted octanol–water partition coefficient (Wildman–Crippen LogP) is 2.98. The molecule has 0 aliphatic heterocycles. The zero-order valence-corrected chi connectivity index (χ0v) is 11.1. The van der Waals surface area contributed by atoms with Crippen LogP contribution in [0.2, 0.25) is 0 Å². The minimum Gasteiger partial charge on any atom is -0.481 e. The van der Waals surface area contributed by atoms with E-state index >= 15 is 0 Å². The van der Waals surface area contributed by atoms with E-state index in [1.807, 2.05) is 24.3 Å². The summed E-state index contributed by atoms with van der Waals surface area (Å²) in [5, 5.41) is 12.3. The summed E-state index contributed by atoms with van der Waals surface area (Å²) in [4.78, 5) is 8.81. The van der Waals surface area contributed by atoms with Gasteiger partial charge in [-0.05, 0) is 31.0 Å². The third-order valence-corrected chi connectivity index (χ3v) is 3.21. The van der Waals surface area contributed by atoms with E-state index in [0.29, 0.717) is 29.0 Å². The first kappa shape index (κ1) is 12.4. The summed E-state index contributed by atoms with van der Waals surface area (Å²) in [5.74, 6) is 2.23. The zero-order chi connectivity index (χ0) is 13.9. The fraction of sp³-hybridized carbons (Fsp3) is 0.267. The summed E-state index contributed by atoms with van der Waals surface area (Å²) in [6, 6.07) is 11.3. The summed E-state index contributed by atoms with van der Waals surface area (Å²) >= 11 is 0. The summed E-state index contributed by atoms with van der Waals surface area (Å²) in [6.07, 6.45) is 2.35. The number of rotatable bonds is 4. The summed E-state index contributed by atoms with van der Waals surface area (Å²) in [7, 11) is 1.57. The molecule has 5 nitrogen and oxygen atoms in total. The van der Waals surface area contributed by atoms with Crippen LogP contribution in [0.4, 0.5) is 11.6 Å². The number of nitriles is 1. The first-order valence-corrected chi connectivity index (χ1v) is 6.49. The molecule has 0 bridgehead atoms. The lowest BCUT2D eigenvalue weighted by atomic mass is 10.2. The van der Waals surface area contributed by atoms with Crippen LogP contribution in [0.3, 0.4) is 0 Å². The van der Waals surface area contributed by atoms with Crippen molar-refractivity contribution in [2.24, 2.45) is 0 Å². The molecular weight excluding hydrogens is 252 g/mol. The Morgan fingerprint density at radius 2 is 2.10 bits per heavy atom. The monoisotopic (exact) mass is 266 g/mol. The maximum atomic E-state index is 9.17. The molecule has 1 aliphatic rings. The van der Waals surface area contributed by atoms with Gasteiger partial charge in [0.05, 0.1) is 12.7 Å². The number of anilines is 2. The SMILES string of the molecule is COc1cccc(Nc2nc(C3CC3)ccc2C#N)n1. The van der Waals surface area contributed by atoms with Crippen molar-refractivity contribution in [1.82, 2.24) is 9.97 Å². The van der Waals surface area contributed by atoms with E-state index in [0.717, 1.165) is 5.69 Å². The molecule has 100 valence electrons. The number of nitrogens with zero attached hydrogens (tertiary/aromatic N) is 3. The second-order valence-corrected chi connectivity index (χ2v) is 4.71. The molecular formula is C15H14N4O. The number of aromatic nitrogens is 2. The second-order valence-electron chi connectivity index (χ2n) is 4.71. The molecule has 5 heteroatoms. The molecule has 3 rings (SSSR count). The molecule has 0 unspecified atom stereocenters. The molecule has 2 heterocycles. The van der Waals surface area contributed by atoms with Crippen LogP contribution in [0.5, 0.6) is 5.88 Å². The Morgan fingerprint density at radius 3 is 2.80 bits per heavy atom. The van der Waals surface area contributed by atoms with E-state index in [9.17, 15) is 0 Å². The van der Waals surface area contributed by atoms with Gasteiger partial charge in [0.25, 0.3) is 0 Å². The molecule has 0 amide bonds. The minimum absolute atomic E-state index is 0.513. The van der Waals surface area contributed by atoms with Gasteiger partial charge in [-0.15, -0.1) is 0 Å². The number of pyridine rings is 2. The largest absolute Gasteiger partial charge is 0.481 e. The third kappa shape index (κ3) is 2.54. The molecule has 0 spiro atoms. The second kappa shape index (κ2) is 5.17. The molecule has 1 N–H and O–H groups in total. The van der Waals surface area contributed by atoms with Crippen molar-refractivity contribution in [3.8, 4) is 11.9 Å². The first-order chi connectivity index (χ1) is 9.80. The van der Waals surface area contributed by atoms with Crippen LogP contribution in [-0.4, -0.2) is 17.1 Å². The number of methoxy groups -OCH3 is 1. The lowest BCUT2D eigenvalue weighted by Crippen LogP contribution is -2.01. The summed E-state index contributed by atoms with van der Waals surface area (Å²) in [5.41, 5.74) is 1.55. The Bertz CT molecular complexity index is 674. The van der Waals surface area contributed by atoms with Crippen LogP contribution < -0.4 is 10.1 Å². The van der Waals surface area contributed by atoms with E-state index in [4.69, 9.17) is 10.00 Å². The molecule has 0 radical (unpaired) electrons. The van der Waals surface area contributed by atoms with Crippen LogP contribution in [-0.2, 0) is 0 Å². The van der Waals surface area contributed by atoms with Crippen molar-refractivity contribution < 1.29 is 4.74 Å². The highest BCUT2D eigenvalue weighted by atomic mass is 16.5. The smallest absolute Gasteiger partial charge is 0.214 e. The fourth-order valence-electron chi connectivity index (χ4n) is 1.99. The molecule has 0 atom stereocenters. The van der Waals surface area contributed by atoms with Gasteiger partial charge < -0.3 is 10.1 Å². The van der Waals surface area contributed by atoms with Crippen molar-refractivity contribution in [2.45, 2.75) is 18.8 Å². The average molecular weight is 266 g/mol. The topological polar surface area (TPSA) is 70.8 Å². The number of ether oxygens (including phenoxy) is 1. The van der Waals surface area contributed by atoms with Crippen molar-refractivity contribution in [2.75, 3.05) is 12.4 Å². The maximum Gasteiger partial charge on any atom is 0.214 e. The lowest BCUT2D eigenvalue weighted by molar-refractivity contribution is 0.398. The van der Waals surface area contributed by atoms with E-state index in [1.165, 1.54) is 12.8 Å². The first-order valence-electron chi connectivity index (χ1n) is 6.49. The normalized spacial score (nSPS) is 13.6. The van der Waals surface area contributed by atoms with Gasteiger partial charge in [-0.2, -0.15) is 10.2 Å². The van der Waals surface area contributed by atoms with Gasteiger partial charge in [0, 0.05) is 17.7 Å². The lowest BCUT2D eigenvalue weighted by Gasteiger charge is -2.09.